The lowest BCUT2D eigenvalue weighted by atomic mass is 10.1. The fourth-order valence-corrected chi connectivity index (χ4v) is 3.37. The lowest BCUT2D eigenvalue weighted by Gasteiger charge is -2.39. The van der Waals surface area contributed by atoms with Gasteiger partial charge < -0.3 is 20.3 Å². The van der Waals surface area contributed by atoms with Gasteiger partial charge in [-0.15, -0.1) is 0 Å². The van der Waals surface area contributed by atoms with E-state index >= 15 is 4.39 Å². The van der Waals surface area contributed by atoms with Crippen molar-refractivity contribution in [2.45, 2.75) is 26.4 Å². The summed E-state index contributed by atoms with van der Waals surface area (Å²) in [6.45, 7) is 5.84. The molecule has 1 unspecified atom stereocenters. The molecule has 1 aliphatic heterocycles. The molecule has 1 atom stereocenters. The highest BCUT2D eigenvalue weighted by Crippen LogP contribution is 2.22. The lowest BCUT2D eigenvalue weighted by molar-refractivity contribution is 0.0615. The van der Waals surface area contributed by atoms with Gasteiger partial charge in [-0.1, -0.05) is 12.1 Å². The van der Waals surface area contributed by atoms with Crippen molar-refractivity contribution in [3.05, 3.63) is 53.6 Å². The first-order chi connectivity index (χ1) is 14.4. The quantitative estimate of drug-likeness (QED) is 0.799. The Hall–Kier alpha value is -3.20. The second kappa shape index (κ2) is 9.53. The largest absolute Gasteiger partial charge is 0.453 e. The molecule has 0 radical (unpaired) electrons. The number of aryl methyl sites for hydroxylation is 1. The number of methoxy groups -OCH3 is 1. The van der Waals surface area contributed by atoms with Gasteiger partial charge in [-0.05, 0) is 32.0 Å². The predicted octanol–water partition coefficient (Wildman–Crippen LogP) is 3.45. The normalized spacial score (nSPS) is 16.8. The molecule has 0 spiro atoms. The van der Waals surface area contributed by atoms with E-state index < -0.39 is 11.8 Å². The second-order valence-corrected chi connectivity index (χ2v) is 7.28. The highest BCUT2D eigenvalue weighted by atomic mass is 19.1. The van der Waals surface area contributed by atoms with Crippen LogP contribution in [0.15, 0.2) is 36.5 Å². The number of benzene rings is 1. The Labute approximate surface area is 175 Å². The van der Waals surface area contributed by atoms with E-state index in [2.05, 4.69) is 20.5 Å². The first-order valence-corrected chi connectivity index (χ1v) is 9.72. The maximum absolute atomic E-state index is 15.0. The van der Waals surface area contributed by atoms with Gasteiger partial charge >= 0.3 is 12.1 Å². The van der Waals surface area contributed by atoms with E-state index in [9.17, 15) is 9.59 Å². The van der Waals surface area contributed by atoms with E-state index in [0.29, 0.717) is 37.4 Å². The molecule has 0 aliphatic carbocycles. The number of hydrogen-bond acceptors (Lipinski definition) is 5. The Morgan fingerprint density at radius 1 is 1.23 bits per heavy atom. The molecular formula is C21H26FN5O3. The van der Waals surface area contributed by atoms with Gasteiger partial charge in [-0.2, -0.15) is 0 Å². The first kappa shape index (κ1) is 21.5. The van der Waals surface area contributed by atoms with Crippen LogP contribution in [0.4, 0.5) is 25.4 Å². The summed E-state index contributed by atoms with van der Waals surface area (Å²) >= 11 is 0. The van der Waals surface area contributed by atoms with Crippen LogP contribution in [0.1, 0.15) is 18.2 Å². The van der Waals surface area contributed by atoms with E-state index in [1.807, 2.05) is 13.8 Å². The molecule has 0 saturated carbocycles. The van der Waals surface area contributed by atoms with Crippen molar-refractivity contribution in [3.63, 3.8) is 0 Å². The number of nitrogens with zero attached hydrogens (tertiary/aromatic N) is 3. The van der Waals surface area contributed by atoms with Crippen LogP contribution in [0.2, 0.25) is 0 Å². The fraction of sp³-hybridized carbons (Fsp3) is 0.381. The molecule has 2 aromatic rings. The zero-order chi connectivity index (χ0) is 21.7. The summed E-state index contributed by atoms with van der Waals surface area (Å²) in [5, 5.41) is 5.19. The van der Waals surface area contributed by atoms with E-state index in [-0.39, 0.29) is 17.8 Å². The molecule has 0 bridgehead atoms. The van der Waals surface area contributed by atoms with Gasteiger partial charge in [0.05, 0.1) is 24.7 Å². The summed E-state index contributed by atoms with van der Waals surface area (Å²) in [4.78, 5) is 31.8. The number of carbonyl (C=O) groups excluding carboxylic acids is 2. The first-order valence-electron chi connectivity index (χ1n) is 9.72. The van der Waals surface area contributed by atoms with Crippen molar-refractivity contribution in [2.75, 3.05) is 37.4 Å². The molecule has 1 aromatic carbocycles. The van der Waals surface area contributed by atoms with Crippen LogP contribution in [0.3, 0.4) is 0 Å². The third-order valence-corrected chi connectivity index (χ3v) is 5.07. The lowest BCUT2D eigenvalue weighted by Crippen LogP contribution is -2.53. The van der Waals surface area contributed by atoms with Crippen LogP contribution in [0, 0.1) is 12.7 Å². The molecule has 1 aromatic heterocycles. The van der Waals surface area contributed by atoms with Crippen LogP contribution in [-0.2, 0) is 11.3 Å². The Morgan fingerprint density at radius 3 is 2.70 bits per heavy atom. The number of piperazine rings is 1. The summed E-state index contributed by atoms with van der Waals surface area (Å²) in [6.07, 6.45) is 1.19. The molecule has 30 heavy (non-hydrogen) atoms. The van der Waals surface area contributed by atoms with Gasteiger partial charge in [-0.25, -0.2) is 14.0 Å². The number of nitrogens with one attached hydrogen (secondary N) is 2. The van der Waals surface area contributed by atoms with Crippen molar-refractivity contribution in [1.82, 2.24) is 14.8 Å². The number of hydrogen-bond donors (Lipinski definition) is 2. The predicted molar refractivity (Wildman–Crippen MR) is 112 cm³/mol. The molecule has 9 heteroatoms. The molecular weight excluding hydrogens is 389 g/mol. The average Bonchev–Trinajstić information content (AvgIpc) is 2.73. The van der Waals surface area contributed by atoms with E-state index in [4.69, 9.17) is 4.74 Å². The Balaban J connectivity index is 1.62. The maximum Gasteiger partial charge on any atom is 0.409 e. The third-order valence-electron chi connectivity index (χ3n) is 5.07. The minimum Gasteiger partial charge on any atom is -0.453 e. The molecule has 2 N–H and O–H groups in total. The molecule has 1 fully saturated rings. The van der Waals surface area contributed by atoms with Gasteiger partial charge in [-0.3, -0.25) is 9.88 Å². The highest BCUT2D eigenvalue weighted by Gasteiger charge is 2.28. The smallest absolute Gasteiger partial charge is 0.409 e. The number of rotatable bonds is 4. The number of halogens is 1. The van der Waals surface area contributed by atoms with Crippen molar-refractivity contribution >= 4 is 23.5 Å². The summed E-state index contributed by atoms with van der Waals surface area (Å²) < 4.78 is 19.8. The maximum atomic E-state index is 15.0. The summed E-state index contributed by atoms with van der Waals surface area (Å²) in [7, 11) is 1.36. The minimum atomic E-state index is -0.545. The number of amides is 3. The van der Waals surface area contributed by atoms with Gasteiger partial charge in [0.15, 0.2) is 5.82 Å². The third kappa shape index (κ3) is 5.24. The molecule has 3 amide bonds. The van der Waals surface area contributed by atoms with Crippen molar-refractivity contribution in [1.29, 1.82) is 0 Å². The zero-order valence-corrected chi connectivity index (χ0v) is 17.3. The van der Waals surface area contributed by atoms with Crippen LogP contribution < -0.4 is 10.6 Å². The van der Waals surface area contributed by atoms with Crippen LogP contribution >= 0.6 is 0 Å². The number of carbonyl (C=O) groups is 2. The molecule has 3 rings (SSSR count). The van der Waals surface area contributed by atoms with E-state index in [0.717, 1.165) is 5.69 Å². The fourth-order valence-electron chi connectivity index (χ4n) is 3.37. The summed E-state index contributed by atoms with van der Waals surface area (Å²) in [6, 6.07) is 7.92. The molecule has 8 nitrogen and oxygen atoms in total. The van der Waals surface area contributed by atoms with Crippen LogP contribution in [0.25, 0.3) is 0 Å². The second-order valence-electron chi connectivity index (χ2n) is 7.28. The minimum absolute atomic E-state index is 0.0474. The van der Waals surface area contributed by atoms with Gasteiger partial charge in [0.25, 0.3) is 0 Å². The molecule has 1 saturated heterocycles. The van der Waals surface area contributed by atoms with Crippen LogP contribution in [0.5, 0.6) is 0 Å². The Bertz CT molecular complexity index is 906. The molecule has 2 heterocycles. The SMILES string of the molecule is COC(=O)N1CCN(Cc2cccc(NC(=O)Nc3ccc(C)nc3)c2F)C(C)C1. The number of ether oxygens (including phenoxy) is 1. The van der Waals surface area contributed by atoms with Gasteiger partial charge in [0, 0.05) is 43.5 Å². The Kier molecular flexibility index (Phi) is 6.83. The molecule has 160 valence electrons. The number of anilines is 2. The monoisotopic (exact) mass is 415 g/mol. The van der Waals surface area contributed by atoms with E-state index in [1.165, 1.54) is 19.4 Å². The summed E-state index contributed by atoms with van der Waals surface area (Å²) in [5.74, 6) is -0.475. The van der Waals surface area contributed by atoms with E-state index in [1.54, 1.807) is 29.2 Å². The number of urea groups is 1. The zero-order valence-electron chi connectivity index (χ0n) is 17.3. The average molecular weight is 415 g/mol. The van der Waals surface area contributed by atoms with Crippen molar-refractivity contribution in [2.24, 2.45) is 0 Å². The van der Waals surface area contributed by atoms with Gasteiger partial charge in [0.1, 0.15) is 0 Å². The number of aromatic nitrogens is 1. The molecule has 1 aliphatic rings. The highest BCUT2D eigenvalue weighted by molar-refractivity contribution is 5.99. The Morgan fingerprint density at radius 2 is 2.03 bits per heavy atom. The van der Waals surface area contributed by atoms with Crippen LogP contribution in [-0.4, -0.2) is 59.7 Å². The topological polar surface area (TPSA) is 86.8 Å². The summed E-state index contributed by atoms with van der Waals surface area (Å²) in [5.41, 5.74) is 1.93. The standard InChI is InChI=1S/C21H26FN5O3/c1-14-7-8-17(11-23-14)24-20(28)25-18-6-4-5-16(19(18)22)13-26-9-10-27(12-15(26)2)21(29)30-3/h4-8,11,15H,9-10,12-13H2,1-3H3,(H2,24,25,28). The van der Waals surface area contributed by atoms with Crippen molar-refractivity contribution in [3.8, 4) is 0 Å². The van der Waals surface area contributed by atoms with Crippen molar-refractivity contribution < 1.29 is 18.7 Å². The number of pyridine rings is 1. The van der Waals surface area contributed by atoms with Gasteiger partial charge in [0.2, 0.25) is 0 Å².